The van der Waals surface area contributed by atoms with E-state index < -0.39 is 28.9 Å². The molecule has 0 N–H and O–H groups in total. The largest absolute Gasteiger partial charge is 0.494 e. The van der Waals surface area contributed by atoms with E-state index in [0.29, 0.717) is 105 Å². The van der Waals surface area contributed by atoms with Crippen LogP contribution in [0.15, 0.2) is 60.7 Å². The molecule has 1 aliphatic carbocycles. The first-order valence-electron chi connectivity index (χ1n) is 23.3. The zero-order valence-corrected chi connectivity index (χ0v) is 40.4. The van der Waals surface area contributed by atoms with Gasteiger partial charge in [0.25, 0.3) is 0 Å². The van der Waals surface area contributed by atoms with Crippen LogP contribution in [0.2, 0.25) is 0 Å². The Morgan fingerprint density at radius 3 is 1.17 bits per heavy atom. The molecule has 1 aliphatic rings. The summed E-state index contributed by atoms with van der Waals surface area (Å²) < 4.78 is 133. The van der Waals surface area contributed by atoms with Crippen LogP contribution in [0, 0.1) is 13.8 Å². The Kier molecular flexibility index (Phi) is 21.8. The Morgan fingerprint density at radius 1 is 0.424 bits per heavy atom. The van der Waals surface area contributed by atoms with Crippen molar-refractivity contribution in [1.29, 1.82) is 0 Å². The third-order valence-corrected chi connectivity index (χ3v) is 13.5. The van der Waals surface area contributed by atoms with Crippen LogP contribution >= 0.6 is 22.7 Å². The highest BCUT2D eigenvalue weighted by Crippen LogP contribution is 2.66. The summed E-state index contributed by atoms with van der Waals surface area (Å²) in [6.07, 6.45) is 12.2. The van der Waals surface area contributed by atoms with E-state index in [4.69, 9.17) is 33.2 Å². The summed E-state index contributed by atoms with van der Waals surface area (Å²) in [5, 5.41) is 0. The van der Waals surface area contributed by atoms with E-state index >= 15 is 26.3 Å². The second-order valence-electron chi connectivity index (χ2n) is 16.2. The van der Waals surface area contributed by atoms with Gasteiger partial charge in [-0.2, -0.15) is 26.3 Å². The summed E-state index contributed by atoms with van der Waals surface area (Å²) >= 11 is 2.15. The average molecular weight is 969 g/mol. The van der Waals surface area contributed by atoms with Crippen LogP contribution in [0.5, 0.6) is 11.5 Å². The molecule has 66 heavy (non-hydrogen) atoms. The first-order valence-corrected chi connectivity index (χ1v) is 24.9. The average Bonchev–Trinajstić information content (AvgIpc) is 3.90. The lowest BCUT2D eigenvalue weighted by Crippen LogP contribution is -2.48. The zero-order chi connectivity index (χ0) is 47.4. The molecule has 0 aliphatic heterocycles. The Bertz CT molecular complexity index is 2050. The highest BCUT2D eigenvalue weighted by Gasteiger charge is 2.80. The SMILES string of the molecule is CCCCCCCCCCCCOc1ccc(-c2cc(C3=C(c4cc(-c5ccc(OCCOCCOCCOCCOCCOCC)cc5)sc4C)C(F)(F)C(F)(F)C3(F)F)c(C)s2)cc1. The number of benzene rings is 2. The van der Waals surface area contributed by atoms with Gasteiger partial charge in [-0.3, -0.25) is 0 Å². The van der Waals surface area contributed by atoms with Gasteiger partial charge < -0.3 is 33.2 Å². The van der Waals surface area contributed by atoms with Gasteiger partial charge >= 0.3 is 17.8 Å². The minimum atomic E-state index is -5.66. The number of unbranched alkanes of at least 4 members (excludes halogenated alkanes) is 9. The number of halogens is 6. The molecule has 7 nitrogen and oxygen atoms in total. The molecule has 15 heteroatoms. The first-order chi connectivity index (χ1) is 31.8. The maximum Gasteiger partial charge on any atom is 0.380 e. The van der Waals surface area contributed by atoms with Crippen LogP contribution in [0.25, 0.3) is 32.0 Å². The number of hydrogen-bond donors (Lipinski definition) is 0. The van der Waals surface area contributed by atoms with E-state index in [0.717, 1.165) is 35.5 Å². The molecular weight excluding hydrogens is 903 g/mol. The number of allylic oxidation sites excluding steroid dienone is 2. The fourth-order valence-corrected chi connectivity index (χ4v) is 9.69. The third kappa shape index (κ3) is 14.5. The number of alkyl halides is 6. The molecule has 2 heterocycles. The predicted octanol–water partition coefficient (Wildman–Crippen LogP) is 14.4. The van der Waals surface area contributed by atoms with Gasteiger partial charge in [-0.25, -0.2) is 0 Å². The number of thiophene rings is 2. The molecule has 0 spiro atoms. The van der Waals surface area contributed by atoms with Gasteiger partial charge in [-0.1, -0.05) is 64.7 Å². The van der Waals surface area contributed by atoms with Crippen molar-refractivity contribution in [3.05, 3.63) is 81.5 Å². The third-order valence-electron chi connectivity index (χ3n) is 11.3. The Morgan fingerprint density at radius 2 is 0.773 bits per heavy atom. The highest BCUT2D eigenvalue weighted by molar-refractivity contribution is 7.16. The van der Waals surface area contributed by atoms with Crippen LogP contribution in [0.1, 0.15) is 98.9 Å². The molecular formula is C51H66F6O7S2. The fourth-order valence-electron chi connectivity index (χ4n) is 7.63. The second kappa shape index (κ2) is 26.9. The molecule has 366 valence electrons. The van der Waals surface area contributed by atoms with Gasteiger partial charge in [-0.05, 0) is 110 Å². The summed E-state index contributed by atoms with van der Waals surface area (Å²) in [5.74, 6) is -14.8. The van der Waals surface area contributed by atoms with Crippen molar-refractivity contribution in [3.8, 4) is 32.4 Å². The van der Waals surface area contributed by atoms with Crippen LogP contribution in [-0.4, -0.2) is 97.1 Å². The van der Waals surface area contributed by atoms with Gasteiger partial charge in [0.2, 0.25) is 0 Å². The van der Waals surface area contributed by atoms with E-state index in [9.17, 15) is 0 Å². The predicted molar refractivity (Wildman–Crippen MR) is 253 cm³/mol. The lowest BCUT2D eigenvalue weighted by molar-refractivity contribution is -0.254. The van der Waals surface area contributed by atoms with Crippen molar-refractivity contribution in [2.24, 2.45) is 0 Å². The van der Waals surface area contributed by atoms with Crippen molar-refractivity contribution < 1.29 is 59.5 Å². The summed E-state index contributed by atoms with van der Waals surface area (Å²) in [6, 6.07) is 16.4. The number of ether oxygens (including phenoxy) is 7. The normalized spacial score (nSPS) is 15.2. The summed E-state index contributed by atoms with van der Waals surface area (Å²) in [7, 11) is 0. The van der Waals surface area contributed by atoms with Crippen molar-refractivity contribution in [2.75, 3.05) is 79.3 Å². The van der Waals surface area contributed by atoms with Crippen molar-refractivity contribution in [2.45, 2.75) is 110 Å². The molecule has 0 atom stereocenters. The van der Waals surface area contributed by atoms with E-state index in [2.05, 4.69) is 6.92 Å². The van der Waals surface area contributed by atoms with E-state index in [1.165, 1.54) is 77.3 Å². The smallest absolute Gasteiger partial charge is 0.380 e. The molecule has 5 rings (SSSR count). The topological polar surface area (TPSA) is 64.6 Å². The summed E-state index contributed by atoms with van der Waals surface area (Å²) in [6.45, 7) is 12.6. The molecule has 0 saturated heterocycles. The zero-order valence-electron chi connectivity index (χ0n) is 38.8. The van der Waals surface area contributed by atoms with Crippen LogP contribution in [0.3, 0.4) is 0 Å². The summed E-state index contributed by atoms with van der Waals surface area (Å²) in [4.78, 5) is 1.37. The van der Waals surface area contributed by atoms with Gasteiger partial charge in [0.1, 0.15) is 18.1 Å². The lowest BCUT2D eigenvalue weighted by atomic mass is 9.94. The molecule has 0 fully saturated rings. The van der Waals surface area contributed by atoms with Crippen LogP contribution in [-0.2, 0) is 23.7 Å². The van der Waals surface area contributed by atoms with Gasteiger partial charge in [0.05, 0.1) is 66.1 Å². The summed E-state index contributed by atoms with van der Waals surface area (Å²) in [5.41, 5.74) is -2.15. The van der Waals surface area contributed by atoms with E-state index in [1.807, 2.05) is 6.92 Å². The molecule has 4 aromatic rings. The van der Waals surface area contributed by atoms with E-state index in [1.54, 1.807) is 48.5 Å². The fraction of sp³-hybridized carbons (Fsp3) is 0.569. The van der Waals surface area contributed by atoms with Crippen molar-refractivity contribution in [1.82, 2.24) is 0 Å². The number of aryl methyl sites for hydroxylation is 2. The number of rotatable bonds is 33. The second-order valence-corrected chi connectivity index (χ2v) is 18.7. The van der Waals surface area contributed by atoms with Gasteiger partial charge in [0.15, 0.2) is 0 Å². The standard InChI is InChI=1S/C51H66F6O7S2/c1-5-7-8-9-10-11-12-13-14-15-24-63-41-20-16-39(17-21-41)45-35-43(37(3)65-45)47-48(50(54,55)51(56,57)49(47,52)53)44-36-46(66-38(44)4)40-18-22-42(23-19-40)64-34-33-62-32-31-61-30-29-60-28-27-59-26-25-58-6-2/h16-23,35-36H,5-15,24-34H2,1-4H3. The maximum absolute atomic E-state index is 15.9. The minimum Gasteiger partial charge on any atom is -0.494 e. The molecule has 2 aromatic heterocycles. The van der Waals surface area contributed by atoms with Crippen molar-refractivity contribution >= 4 is 33.8 Å². The number of hydrogen-bond acceptors (Lipinski definition) is 9. The van der Waals surface area contributed by atoms with Gasteiger partial charge in [0, 0.05) is 37.3 Å². The molecule has 0 bridgehead atoms. The highest BCUT2D eigenvalue weighted by atomic mass is 32.1. The molecule has 0 amide bonds. The quantitative estimate of drug-likeness (QED) is 0.0348. The Hall–Kier alpha value is -3.44. The molecule has 0 saturated carbocycles. The van der Waals surface area contributed by atoms with Gasteiger partial charge in [-0.15, -0.1) is 22.7 Å². The van der Waals surface area contributed by atoms with Crippen LogP contribution < -0.4 is 9.47 Å². The maximum atomic E-state index is 15.9. The molecule has 2 aromatic carbocycles. The Labute approximate surface area is 394 Å². The van der Waals surface area contributed by atoms with Crippen molar-refractivity contribution in [3.63, 3.8) is 0 Å². The minimum absolute atomic E-state index is 0.208. The van der Waals surface area contributed by atoms with E-state index in [-0.39, 0.29) is 27.5 Å². The first kappa shape index (κ1) is 53.5. The monoisotopic (exact) mass is 968 g/mol. The van der Waals surface area contributed by atoms with Crippen LogP contribution in [0.4, 0.5) is 26.3 Å². The lowest BCUT2D eigenvalue weighted by Gasteiger charge is -2.25. The Balaban J connectivity index is 1.15. The molecule has 0 radical (unpaired) electrons. The molecule has 0 unspecified atom stereocenters.